The third kappa shape index (κ3) is 1.88. The largest absolute Gasteiger partial charge is 0.0884 e. The van der Waals surface area contributed by atoms with Crippen molar-refractivity contribution in [1.29, 1.82) is 0 Å². The van der Waals surface area contributed by atoms with Gasteiger partial charge in [-0.2, -0.15) is 0 Å². The second-order valence-electron chi connectivity index (χ2n) is 4.12. The second-order valence-corrected chi connectivity index (χ2v) is 5.30. The molecule has 0 spiro atoms. The molecule has 0 saturated carbocycles. The summed E-state index contributed by atoms with van der Waals surface area (Å²) in [6.45, 7) is 2.26. The fourth-order valence-electron chi connectivity index (χ4n) is 2.45. The van der Waals surface area contributed by atoms with Gasteiger partial charge in [0.05, 0.1) is 0 Å². The Labute approximate surface area is 94.8 Å². The average Bonchev–Trinajstić information content (AvgIpc) is 2.27. The standard InChI is InChI=1S/C13H17Br/c1-2-13(14)12-9-5-7-10-6-3-4-8-11(10)12/h3-4,6,8,12-13H,2,5,7,9H2,1H3. The predicted molar refractivity (Wildman–Crippen MR) is 65.1 cm³/mol. The molecule has 0 nitrogen and oxygen atoms in total. The van der Waals surface area contributed by atoms with Crippen molar-refractivity contribution >= 4 is 15.9 Å². The molecule has 0 heterocycles. The van der Waals surface area contributed by atoms with Crippen molar-refractivity contribution in [3.8, 4) is 0 Å². The Morgan fingerprint density at radius 3 is 3.00 bits per heavy atom. The summed E-state index contributed by atoms with van der Waals surface area (Å²) in [7, 11) is 0. The van der Waals surface area contributed by atoms with Gasteiger partial charge in [-0.05, 0) is 42.7 Å². The molecule has 0 fully saturated rings. The fourth-order valence-corrected chi connectivity index (χ4v) is 3.00. The van der Waals surface area contributed by atoms with Crippen LogP contribution in [0.3, 0.4) is 0 Å². The molecule has 1 aromatic rings. The number of fused-ring (bicyclic) bond motifs is 1. The maximum Gasteiger partial charge on any atom is 0.0211 e. The van der Waals surface area contributed by atoms with Gasteiger partial charge in [0, 0.05) is 4.83 Å². The molecule has 0 radical (unpaired) electrons. The van der Waals surface area contributed by atoms with Crippen LogP contribution in [0.1, 0.15) is 43.2 Å². The van der Waals surface area contributed by atoms with E-state index in [0.29, 0.717) is 4.83 Å². The quantitative estimate of drug-likeness (QED) is 0.690. The zero-order valence-electron chi connectivity index (χ0n) is 8.67. The second kappa shape index (κ2) is 4.48. The number of benzene rings is 1. The first-order chi connectivity index (χ1) is 6.83. The summed E-state index contributed by atoms with van der Waals surface area (Å²) < 4.78 is 0. The lowest BCUT2D eigenvalue weighted by Crippen LogP contribution is -2.17. The zero-order chi connectivity index (χ0) is 9.97. The van der Waals surface area contributed by atoms with E-state index < -0.39 is 0 Å². The first kappa shape index (κ1) is 10.2. The van der Waals surface area contributed by atoms with Crippen LogP contribution in [-0.4, -0.2) is 4.83 Å². The minimum atomic E-state index is 0.656. The van der Waals surface area contributed by atoms with Gasteiger partial charge >= 0.3 is 0 Å². The Morgan fingerprint density at radius 2 is 2.21 bits per heavy atom. The van der Waals surface area contributed by atoms with Gasteiger partial charge in [0.25, 0.3) is 0 Å². The number of hydrogen-bond acceptors (Lipinski definition) is 0. The van der Waals surface area contributed by atoms with Crippen LogP contribution in [0.15, 0.2) is 24.3 Å². The third-order valence-electron chi connectivity index (χ3n) is 3.24. The lowest BCUT2D eigenvalue weighted by molar-refractivity contribution is 0.531. The Bertz CT molecular complexity index is 306. The van der Waals surface area contributed by atoms with Crippen LogP contribution >= 0.6 is 15.9 Å². The number of aryl methyl sites for hydroxylation is 1. The van der Waals surface area contributed by atoms with Gasteiger partial charge in [-0.1, -0.05) is 47.1 Å². The van der Waals surface area contributed by atoms with E-state index in [4.69, 9.17) is 0 Å². The van der Waals surface area contributed by atoms with E-state index in [0.717, 1.165) is 5.92 Å². The highest BCUT2D eigenvalue weighted by atomic mass is 79.9. The van der Waals surface area contributed by atoms with E-state index in [1.807, 2.05) is 0 Å². The van der Waals surface area contributed by atoms with Crippen LogP contribution in [0.25, 0.3) is 0 Å². The smallest absolute Gasteiger partial charge is 0.0211 e. The van der Waals surface area contributed by atoms with E-state index in [1.165, 1.54) is 25.7 Å². The van der Waals surface area contributed by atoms with Crippen molar-refractivity contribution in [3.05, 3.63) is 35.4 Å². The molecule has 0 aromatic heterocycles. The lowest BCUT2D eigenvalue weighted by Gasteiger charge is -2.28. The Morgan fingerprint density at radius 1 is 1.43 bits per heavy atom. The summed E-state index contributed by atoms with van der Waals surface area (Å²) in [4.78, 5) is 0.656. The molecule has 0 amide bonds. The van der Waals surface area contributed by atoms with Crippen LogP contribution in [0.2, 0.25) is 0 Å². The highest BCUT2D eigenvalue weighted by Gasteiger charge is 2.24. The maximum absolute atomic E-state index is 3.81. The topological polar surface area (TPSA) is 0 Å². The summed E-state index contributed by atoms with van der Waals surface area (Å²) in [6.07, 6.45) is 5.19. The van der Waals surface area contributed by atoms with Gasteiger partial charge in [-0.25, -0.2) is 0 Å². The summed E-state index contributed by atoms with van der Waals surface area (Å²) in [5, 5.41) is 0. The van der Waals surface area contributed by atoms with Crippen molar-refractivity contribution in [2.45, 2.75) is 43.4 Å². The first-order valence-corrected chi connectivity index (χ1v) is 6.46. The van der Waals surface area contributed by atoms with Crippen LogP contribution in [0, 0.1) is 0 Å². The maximum atomic E-state index is 3.81. The van der Waals surface area contributed by atoms with E-state index in [9.17, 15) is 0 Å². The van der Waals surface area contributed by atoms with E-state index in [-0.39, 0.29) is 0 Å². The van der Waals surface area contributed by atoms with Gasteiger partial charge in [0.15, 0.2) is 0 Å². The van der Waals surface area contributed by atoms with Gasteiger partial charge in [0.2, 0.25) is 0 Å². The zero-order valence-corrected chi connectivity index (χ0v) is 10.3. The molecule has 2 rings (SSSR count). The number of halogens is 1. The third-order valence-corrected chi connectivity index (χ3v) is 4.53. The summed E-state index contributed by atoms with van der Waals surface area (Å²) in [5.74, 6) is 0.741. The highest BCUT2D eigenvalue weighted by molar-refractivity contribution is 9.09. The molecule has 1 aromatic carbocycles. The molecule has 0 aliphatic heterocycles. The molecule has 1 aliphatic carbocycles. The van der Waals surface area contributed by atoms with Crippen molar-refractivity contribution in [2.75, 3.05) is 0 Å². The van der Waals surface area contributed by atoms with Crippen LogP contribution < -0.4 is 0 Å². The van der Waals surface area contributed by atoms with E-state index in [2.05, 4.69) is 47.1 Å². The van der Waals surface area contributed by atoms with Crippen molar-refractivity contribution < 1.29 is 0 Å². The average molecular weight is 253 g/mol. The van der Waals surface area contributed by atoms with Crippen LogP contribution in [-0.2, 0) is 6.42 Å². The normalized spacial score (nSPS) is 22.9. The number of alkyl halides is 1. The molecule has 14 heavy (non-hydrogen) atoms. The molecule has 0 saturated heterocycles. The molecule has 1 aliphatic rings. The van der Waals surface area contributed by atoms with Crippen molar-refractivity contribution in [3.63, 3.8) is 0 Å². The minimum absolute atomic E-state index is 0.656. The summed E-state index contributed by atoms with van der Waals surface area (Å²) in [5.41, 5.74) is 3.16. The Balaban J connectivity index is 2.30. The Kier molecular flexibility index (Phi) is 3.27. The molecule has 0 bridgehead atoms. The predicted octanol–water partition coefficient (Wildman–Crippen LogP) is 4.28. The molecular formula is C13H17Br. The molecule has 76 valence electrons. The highest BCUT2D eigenvalue weighted by Crippen LogP contribution is 2.37. The van der Waals surface area contributed by atoms with E-state index >= 15 is 0 Å². The minimum Gasteiger partial charge on any atom is -0.0884 e. The number of rotatable bonds is 2. The Hall–Kier alpha value is -0.300. The number of hydrogen-bond donors (Lipinski definition) is 0. The SMILES string of the molecule is CCC(Br)C1CCCc2ccccc21. The van der Waals surface area contributed by atoms with E-state index in [1.54, 1.807) is 11.1 Å². The summed E-state index contributed by atoms with van der Waals surface area (Å²) >= 11 is 3.81. The van der Waals surface area contributed by atoms with Gasteiger partial charge in [0.1, 0.15) is 0 Å². The molecule has 1 heteroatoms. The lowest BCUT2D eigenvalue weighted by atomic mass is 9.80. The van der Waals surface area contributed by atoms with Crippen LogP contribution in [0.5, 0.6) is 0 Å². The van der Waals surface area contributed by atoms with Gasteiger partial charge in [-0.3, -0.25) is 0 Å². The summed E-state index contributed by atoms with van der Waals surface area (Å²) in [6, 6.07) is 8.93. The molecule has 0 N–H and O–H groups in total. The van der Waals surface area contributed by atoms with Crippen molar-refractivity contribution in [1.82, 2.24) is 0 Å². The first-order valence-electron chi connectivity index (χ1n) is 5.54. The fraction of sp³-hybridized carbons (Fsp3) is 0.538. The molecular weight excluding hydrogens is 236 g/mol. The van der Waals surface area contributed by atoms with Gasteiger partial charge in [-0.15, -0.1) is 0 Å². The van der Waals surface area contributed by atoms with Crippen molar-refractivity contribution in [2.24, 2.45) is 0 Å². The molecule has 2 unspecified atom stereocenters. The van der Waals surface area contributed by atoms with Crippen LogP contribution in [0.4, 0.5) is 0 Å². The monoisotopic (exact) mass is 252 g/mol. The van der Waals surface area contributed by atoms with Gasteiger partial charge < -0.3 is 0 Å². The molecule has 2 atom stereocenters.